The van der Waals surface area contributed by atoms with E-state index >= 15 is 0 Å². The molecule has 1 N–H and O–H groups in total. The molecule has 0 heterocycles. The summed E-state index contributed by atoms with van der Waals surface area (Å²) in [6.07, 6.45) is 0.839. The highest BCUT2D eigenvalue weighted by Crippen LogP contribution is 2.29. The van der Waals surface area contributed by atoms with Gasteiger partial charge in [-0.15, -0.1) is 0 Å². The van der Waals surface area contributed by atoms with Crippen molar-refractivity contribution in [1.29, 1.82) is 0 Å². The Hall–Kier alpha value is -1.82. The molecule has 6 heteroatoms. The Morgan fingerprint density at radius 1 is 1.35 bits per heavy atom. The minimum atomic E-state index is -0.431. The lowest BCUT2D eigenvalue weighted by Crippen LogP contribution is -2.27. The molecular weight excluding hydrogens is 260 g/mol. The first-order valence-electron chi connectivity index (χ1n) is 6.79. The van der Waals surface area contributed by atoms with E-state index in [1.165, 1.54) is 12.1 Å². The number of nitrogens with zero attached hydrogens (tertiary/aromatic N) is 2. The minimum absolute atomic E-state index is 0.00260. The molecule has 1 rings (SSSR count). The number of anilines is 1. The first-order chi connectivity index (χ1) is 9.47. The Balaban J connectivity index is 3.14. The van der Waals surface area contributed by atoms with Crippen LogP contribution in [0.1, 0.15) is 27.2 Å². The van der Waals surface area contributed by atoms with Gasteiger partial charge in [0.1, 0.15) is 5.75 Å². The Morgan fingerprint density at radius 3 is 2.55 bits per heavy atom. The van der Waals surface area contributed by atoms with E-state index in [0.29, 0.717) is 18.0 Å². The molecule has 6 nitrogen and oxygen atoms in total. The predicted octanol–water partition coefficient (Wildman–Crippen LogP) is 2.59. The van der Waals surface area contributed by atoms with Crippen molar-refractivity contribution in [2.75, 3.05) is 24.6 Å². The van der Waals surface area contributed by atoms with E-state index in [9.17, 15) is 10.1 Å². The van der Waals surface area contributed by atoms with Gasteiger partial charge in [0, 0.05) is 30.9 Å². The van der Waals surface area contributed by atoms with Crippen LogP contribution in [0.25, 0.3) is 0 Å². The number of hydrogen-bond donors (Lipinski definition) is 1. The van der Waals surface area contributed by atoms with Crippen LogP contribution in [-0.4, -0.2) is 35.8 Å². The van der Waals surface area contributed by atoms with Gasteiger partial charge in [-0.25, -0.2) is 0 Å². The van der Waals surface area contributed by atoms with Crippen LogP contribution in [-0.2, 0) is 0 Å². The number of benzene rings is 1. The second-order valence-corrected chi connectivity index (χ2v) is 4.82. The zero-order chi connectivity index (χ0) is 15.1. The summed E-state index contributed by atoms with van der Waals surface area (Å²) in [4.78, 5) is 12.5. The molecule has 0 unspecified atom stereocenters. The molecule has 0 aromatic heterocycles. The minimum Gasteiger partial charge on any atom is -0.491 e. The molecule has 0 saturated carbocycles. The Morgan fingerprint density at radius 2 is 2.05 bits per heavy atom. The van der Waals surface area contributed by atoms with E-state index in [2.05, 4.69) is 0 Å². The van der Waals surface area contributed by atoms with Gasteiger partial charge in [0.2, 0.25) is 0 Å². The van der Waals surface area contributed by atoms with Gasteiger partial charge in [-0.1, -0.05) is 6.92 Å². The fourth-order valence-corrected chi connectivity index (χ4v) is 1.96. The lowest BCUT2D eigenvalue weighted by Gasteiger charge is -2.24. The fraction of sp³-hybridized carbons (Fsp3) is 0.571. The van der Waals surface area contributed by atoms with Gasteiger partial charge >= 0.3 is 0 Å². The van der Waals surface area contributed by atoms with Crippen LogP contribution in [0.15, 0.2) is 18.2 Å². The van der Waals surface area contributed by atoms with Gasteiger partial charge in [0.25, 0.3) is 5.69 Å². The van der Waals surface area contributed by atoms with Gasteiger partial charge in [0.05, 0.1) is 23.7 Å². The number of aliphatic hydroxyl groups is 1. The summed E-state index contributed by atoms with van der Waals surface area (Å²) < 4.78 is 5.56. The van der Waals surface area contributed by atoms with Gasteiger partial charge in [-0.2, -0.15) is 0 Å². The summed E-state index contributed by atoms with van der Waals surface area (Å²) in [7, 11) is 0. The van der Waals surface area contributed by atoms with Gasteiger partial charge in [-0.05, 0) is 20.3 Å². The highest BCUT2D eigenvalue weighted by Gasteiger charge is 2.15. The normalized spacial score (nSPS) is 10.7. The molecule has 0 amide bonds. The molecule has 0 bridgehead atoms. The van der Waals surface area contributed by atoms with E-state index < -0.39 is 4.92 Å². The molecule has 0 aliphatic carbocycles. The highest BCUT2D eigenvalue weighted by molar-refractivity contribution is 5.58. The summed E-state index contributed by atoms with van der Waals surface area (Å²) in [6.45, 7) is 6.93. The number of ether oxygens (including phenoxy) is 1. The van der Waals surface area contributed by atoms with E-state index in [-0.39, 0.29) is 18.4 Å². The third-order valence-corrected chi connectivity index (χ3v) is 2.69. The zero-order valence-corrected chi connectivity index (χ0v) is 12.2. The number of hydrogen-bond acceptors (Lipinski definition) is 5. The first kappa shape index (κ1) is 16.2. The second kappa shape index (κ2) is 7.69. The monoisotopic (exact) mass is 282 g/mol. The maximum absolute atomic E-state index is 11.0. The molecule has 0 atom stereocenters. The molecule has 0 fully saturated rings. The van der Waals surface area contributed by atoms with Crippen molar-refractivity contribution in [2.45, 2.75) is 33.3 Å². The lowest BCUT2D eigenvalue weighted by molar-refractivity contribution is -0.384. The van der Waals surface area contributed by atoms with Crippen molar-refractivity contribution in [3.8, 4) is 5.75 Å². The quantitative estimate of drug-likeness (QED) is 0.586. The molecule has 0 spiro atoms. The second-order valence-electron chi connectivity index (χ2n) is 4.82. The average molecular weight is 282 g/mol. The van der Waals surface area contributed by atoms with Crippen molar-refractivity contribution >= 4 is 11.4 Å². The summed E-state index contributed by atoms with van der Waals surface area (Å²) in [5, 5.41) is 20.1. The van der Waals surface area contributed by atoms with Crippen molar-refractivity contribution in [1.82, 2.24) is 0 Å². The molecule has 0 radical (unpaired) electrons. The number of nitro benzene ring substituents is 1. The summed E-state index contributed by atoms with van der Waals surface area (Å²) in [5.41, 5.74) is 0.697. The van der Waals surface area contributed by atoms with Gasteiger partial charge < -0.3 is 14.7 Å². The maximum Gasteiger partial charge on any atom is 0.275 e. The SMILES string of the molecule is CCCN(CCO)c1cc(OC(C)C)cc([N+](=O)[O-])c1. The topological polar surface area (TPSA) is 75.8 Å². The highest BCUT2D eigenvalue weighted by atomic mass is 16.6. The van der Waals surface area contributed by atoms with Crippen molar-refractivity contribution < 1.29 is 14.8 Å². The van der Waals surface area contributed by atoms with Crippen molar-refractivity contribution in [2.24, 2.45) is 0 Å². The molecule has 0 saturated heterocycles. The van der Waals surface area contributed by atoms with Crippen molar-refractivity contribution in [3.05, 3.63) is 28.3 Å². The van der Waals surface area contributed by atoms with E-state index in [4.69, 9.17) is 9.84 Å². The smallest absolute Gasteiger partial charge is 0.275 e. The molecule has 0 aliphatic rings. The molecular formula is C14H22N2O4. The molecule has 1 aromatic rings. The van der Waals surface area contributed by atoms with Crippen LogP contribution in [0.5, 0.6) is 5.75 Å². The Kier molecular flexibility index (Phi) is 6.24. The lowest BCUT2D eigenvalue weighted by atomic mass is 10.2. The molecule has 0 aliphatic heterocycles. The number of rotatable bonds is 8. The van der Waals surface area contributed by atoms with Crippen LogP contribution in [0.3, 0.4) is 0 Å². The summed E-state index contributed by atoms with van der Waals surface area (Å²) in [5.74, 6) is 0.475. The van der Waals surface area contributed by atoms with Gasteiger partial charge in [0.15, 0.2) is 0 Å². The number of nitro groups is 1. The first-order valence-corrected chi connectivity index (χ1v) is 6.79. The number of non-ortho nitro benzene ring substituents is 1. The third-order valence-electron chi connectivity index (χ3n) is 2.69. The van der Waals surface area contributed by atoms with E-state index in [1.807, 2.05) is 25.7 Å². The fourth-order valence-electron chi connectivity index (χ4n) is 1.96. The van der Waals surface area contributed by atoms with E-state index in [0.717, 1.165) is 13.0 Å². The average Bonchev–Trinajstić information content (AvgIpc) is 2.37. The summed E-state index contributed by atoms with van der Waals surface area (Å²) in [6, 6.07) is 4.71. The molecule has 20 heavy (non-hydrogen) atoms. The van der Waals surface area contributed by atoms with E-state index in [1.54, 1.807) is 6.07 Å². The largest absolute Gasteiger partial charge is 0.491 e. The van der Waals surface area contributed by atoms with Crippen molar-refractivity contribution in [3.63, 3.8) is 0 Å². The van der Waals surface area contributed by atoms with Crippen LogP contribution in [0.2, 0.25) is 0 Å². The predicted molar refractivity (Wildman–Crippen MR) is 78.5 cm³/mol. The molecule has 112 valence electrons. The maximum atomic E-state index is 11.0. The van der Waals surface area contributed by atoms with Gasteiger partial charge in [-0.3, -0.25) is 10.1 Å². The summed E-state index contributed by atoms with van der Waals surface area (Å²) >= 11 is 0. The number of aliphatic hydroxyl groups excluding tert-OH is 1. The standard InChI is InChI=1S/C14H22N2O4/c1-4-5-15(6-7-17)12-8-13(16(18)19)10-14(9-12)20-11(2)3/h8-11,17H,4-7H2,1-3H3. The molecule has 1 aromatic carbocycles. The van der Waals surface area contributed by atoms with Crippen LogP contribution < -0.4 is 9.64 Å². The van der Waals surface area contributed by atoms with Crippen LogP contribution in [0.4, 0.5) is 11.4 Å². The Labute approximate surface area is 119 Å². The third kappa shape index (κ3) is 4.70. The Bertz CT molecular complexity index is 443. The zero-order valence-electron chi connectivity index (χ0n) is 12.2. The van der Waals surface area contributed by atoms with Crippen LogP contribution in [0, 0.1) is 10.1 Å². The van der Waals surface area contributed by atoms with Crippen LogP contribution >= 0.6 is 0 Å².